The van der Waals surface area contributed by atoms with E-state index in [1.165, 1.54) is 12.3 Å². The topological polar surface area (TPSA) is 38.9 Å². The van der Waals surface area contributed by atoms with Crippen LogP contribution >= 0.6 is 0 Å². The van der Waals surface area contributed by atoms with Crippen LogP contribution in [0.25, 0.3) is 11.1 Å². The van der Waals surface area contributed by atoms with E-state index in [1.807, 2.05) is 25.1 Å². The lowest BCUT2D eigenvalue weighted by molar-refractivity contribution is 0.622. The minimum Gasteiger partial charge on any atom is -0.398 e. The van der Waals surface area contributed by atoms with Gasteiger partial charge in [0.15, 0.2) is 0 Å². The zero-order chi connectivity index (χ0) is 10.8. The standard InChI is InChI=1S/C12H11FN2/c1-8-11(3-2-4-12(8)14)9-5-10(13)7-15-6-9/h2-7H,14H2,1H3. The smallest absolute Gasteiger partial charge is 0.142 e. The molecule has 0 saturated heterocycles. The lowest BCUT2D eigenvalue weighted by Gasteiger charge is -2.07. The Morgan fingerprint density at radius 3 is 2.80 bits per heavy atom. The Kier molecular flexibility index (Phi) is 2.37. The van der Waals surface area contributed by atoms with Crippen LogP contribution in [0.3, 0.4) is 0 Å². The van der Waals surface area contributed by atoms with E-state index in [4.69, 9.17) is 5.73 Å². The molecule has 0 atom stereocenters. The summed E-state index contributed by atoms with van der Waals surface area (Å²) in [5.74, 6) is -0.339. The van der Waals surface area contributed by atoms with Crippen LogP contribution in [-0.4, -0.2) is 4.98 Å². The summed E-state index contributed by atoms with van der Waals surface area (Å²) in [6, 6.07) is 7.03. The highest BCUT2D eigenvalue weighted by Crippen LogP contribution is 2.26. The van der Waals surface area contributed by atoms with Gasteiger partial charge in [-0.05, 0) is 30.2 Å². The molecule has 76 valence electrons. The molecule has 15 heavy (non-hydrogen) atoms. The fraction of sp³-hybridized carbons (Fsp3) is 0.0833. The van der Waals surface area contributed by atoms with Crippen molar-refractivity contribution in [1.82, 2.24) is 4.98 Å². The van der Waals surface area contributed by atoms with Gasteiger partial charge in [-0.2, -0.15) is 0 Å². The van der Waals surface area contributed by atoms with Gasteiger partial charge in [-0.3, -0.25) is 4.98 Å². The van der Waals surface area contributed by atoms with Crippen molar-refractivity contribution >= 4 is 5.69 Å². The molecule has 0 aliphatic rings. The van der Waals surface area contributed by atoms with Gasteiger partial charge in [-0.15, -0.1) is 0 Å². The zero-order valence-electron chi connectivity index (χ0n) is 8.37. The van der Waals surface area contributed by atoms with Crippen LogP contribution < -0.4 is 5.73 Å². The van der Waals surface area contributed by atoms with E-state index in [1.54, 1.807) is 6.20 Å². The van der Waals surface area contributed by atoms with Gasteiger partial charge in [0, 0.05) is 17.4 Å². The fourth-order valence-electron chi connectivity index (χ4n) is 1.53. The van der Waals surface area contributed by atoms with Crippen LogP contribution in [-0.2, 0) is 0 Å². The first-order chi connectivity index (χ1) is 7.18. The van der Waals surface area contributed by atoms with Gasteiger partial charge in [0.25, 0.3) is 0 Å². The molecule has 2 rings (SSSR count). The summed E-state index contributed by atoms with van der Waals surface area (Å²) in [6.07, 6.45) is 2.82. The third kappa shape index (κ3) is 1.81. The number of hydrogen-bond donors (Lipinski definition) is 1. The Morgan fingerprint density at radius 2 is 2.07 bits per heavy atom. The van der Waals surface area contributed by atoms with Crippen molar-refractivity contribution in [2.45, 2.75) is 6.92 Å². The average Bonchev–Trinajstić information content (AvgIpc) is 2.22. The predicted octanol–water partition coefficient (Wildman–Crippen LogP) is 2.78. The summed E-state index contributed by atoms with van der Waals surface area (Å²) in [4.78, 5) is 3.82. The number of pyridine rings is 1. The summed E-state index contributed by atoms with van der Waals surface area (Å²) >= 11 is 0. The number of nitrogens with two attached hydrogens (primary N) is 1. The summed E-state index contributed by atoms with van der Waals surface area (Å²) < 4.78 is 13.0. The van der Waals surface area contributed by atoms with Gasteiger partial charge in [0.1, 0.15) is 5.82 Å². The van der Waals surface area contributed by atoms with Gasteiger partial charge >= 0.3 is 0 Å². The van der Waals surface area contributed by atoms with E-state index in [0.29, 0.717) is 5.69 Å². The summed E-state index contributed by atoms with van der Waals surface area (Å²) in [5.41, 5.74) is 9.10. The number of benzene rings is 1. The summed E-state index contributed by atoms with van der Waals surface area (Å²) in [7, 11) is 0. The number of aromatic nitrogens is 1. The molecule has 1 heterocycles. The van der Waals surface area contributed by atoms with Gasteiger partial charge in [-0.1, -0.05) is 12.1 Å². The van der Waals surface area contributed by atoms with E-state index < -0.39 is 0 Å². The van der Waals surface area contributed by atoms with E-state index in [2.05, 4.69) is 4.98 Å². The van der Waals surface area contributed by atoms with Crippen molar-refractivity contribution in [3.05, 3.63) is 48.0 Å². The molecule has 1 aromatic heterocycles. The Bertz CT molecular complexity index is 495. The van der Waals surface area contributed by atoms with Crippen molar-refractivity contribution in [2.24, 2.45) is 0 Å². The first-order valence-electron chi connectivity index (χ1n) is 4.64. The molecule has 0 spiro atoms. The molecule has 0 amide bonds. The molecule has 3 heteroatoms. The third-order valence-electron chi connectivity index (χ3n) is 2.39. The highest BCUT2D eigenvalue weighted by Gasteiger charge is 2.04. The highest BCUT2D eigenvalue weighted by molar-refractivity contribution is 5.71. The molecule has 2 aromatic rings. The van der Waals surface area contributed by atoms with E-state index in [-0.39, 0.29) is 5.82 Å². The van der Waals surface area contributed by atoms with E-state index >= 15 is 0 Å². The minimum absolute atomic E-state index is 0.339. The van der Waals surface area contributed by atoms with Crippen LogP contribution in [0.2, 0.25) is 0 Å². The maximum Gasteiger partial charge on any atom is 0.142 e. The van der Waals surface area contributed by atoms with Crippen molar-refractivity contribution in [1.29, 1.82) is 0 Å². The summed E-state index contributed by atoms with van der Waals surface area (Å²) in [6.45, 7) is 1.91. The number of anilines is 1. The molecule has 0 aliphatic heterocycles. The molecule has 2 nitrogen and oxygen atoms in total. The number of rotatable bonds is 1. The van der Waals surface area contributed by atoms with Crippen LogP contribution in [0.15, 0.2) is 36.7 Å². The van der Waals surface area contributed by atoms with E-state index in [9.17, 15) is 4.39 Å². The van der Waals surface area contributed by atoms with Crippen molar-refractivity contribution in [3.63, 3.8) is 0 Å². The zero-order valence-corrected chi connectivity index (χ0v) is 8.37. The molecule has 2 N–H and O–H groups in total. The third-order valence-corrected chi connectivity index (χ3v) is 2.39. The Hall–Kier alpha value is -1.90. The molecule has 0 bridgehead atoms. The molecular weight excluding hydrogens is 191 g/mol. The quantitative estimate of drug-likeness (QED) is 0.722. The molecule has 0 fully saturated rings. The Morgan fingerprint density at radius 1 is 1.27 bits per heavy atom. The van der Waals surface area contributed by atoms with E-state index in [0.717, 1.165) is 16.7 Å². The number of nitrogen functional groups attached to an aromatic ring is 1. The molecular formula is C12H11FN2. The van der Waals surface area contributed by atoms with Crippen LogP contribution in [0.5, 0.6) is 0 Å². The maximum atomic E-state index is 13.0. The monoisotopic (exact) mass is 202 g/mol. The first-order valence-corrected chi connectivity index (χ1v) is 4.64. The van der Waals surface area contributed by atoms with Crippen molar-refractivity contribution < 1.29 is 4.39 Å². The van der Waals surface area contributed by atoms with Crippen LogP contribution in [0.1, 0.15) is 5.56 Å². The van der Waals surface area contributed by atoms with Crippen LogP contribution in [0.4, 0.5) is 10.1 Å². The number of nitrogens with zero attached hydrogens (tertiary/aromatic N) is 1. The Balaban J connectivity index is 2.59. The normalized spacial score (nSPS) is 10.3. The van der Waals surface area contributed by atoms with Crippen molar-refractivity contribution in [2.75, 3.05) is 5.73 Å². The van der Waals surface area contributed by atoms with Crippen molar-refractivity contribution in [3.8, 4) is 11.1 Å². The molecule has 0 radical (unpaired) electrons. The van der Waals surface area contributed by atoms with Crippen LogP contribution in [0, 0.1) is 12.7 Å². The fourth-order valence-corrected chi connectivity index (χ4v) is 1.53. The van der Waals surface area contributed by atoms with Gasteiger partial charge in [0.05, 0.1) is 6.20 Å². The van der Waals surface area contributed by atoms with Gasteiger partial charge in [-0.25, -0.2) is 4.39 Å². The minimum atomic E-state index is -0.339. The number of hydrogen-bond acceptors (Lipinski definition) is 2. The molecule has 0 unspecified atom stereocenters. The number of halogens is 1. The first kappa shape index (κ1) is 9.65. The van der Waals surface area contributed by atoms with Gasteiger partial charge < -0.3 is 5.73 Å². The molecule has 0 saturated carbocycles. The largest absolute Gasteiger partial charge is 0.398 e. The molecule has 0 aliphatic carbocycles. The lowest BCUT2D eigenvalue weighted by Crippen LogP contribution is -1.92. The predicted molar refractivity (Wildman–Crippen MR) is 58.8 cm³/mol. The van der Waals surface area contributed by atoms with Gasteiger partial charge in [0.2, 0.25) is 0 Å². The highest BCUT2D eigenvalue weighted by atomic mass is 19.1. The second-order valence-electron chi connectivity index (χ2n) is 3.41. The molecule has 1 aromatic carbocycles. The second-order valence-corrected chi connectivity index (χ2v) is 3.41. The summed E-state index contributed by atoms with van der Waals surface area (Å²) in [5, 5.41) is 0. The lowest BCUT2D eigenvalue weighted by atomic mass is 10.0. The Labute approximate surface area is 87.6 Å². The SMILES string of the molecule is Cc1c(N)cccc1-c1cncc(F)c1. The maximum absolute atomic E-state index is 13.0. The second kappa shape index (κ2) is 3.69. The average molecular weight is 202 g/mol.